The second-order valence-corrected chi connectivity index (χ2v) is 16.5. The highest BCUT2D eigenvalue weighted by molar-refractivity contribution is 7.29. The zero-order valence-electron chi connectivity index (χ0n) is 30.1. The summed E-state index contributed by atoms with van der Waals surface area (Å²) in [5, 5.41) is 9.89. The van der Waals surface area contributed by atoms with Crippen LogP contribution in [0.2, 0.25) is 0 Å². The zero-order valence-corrected chi connectivity index (χ0v) is 31.7. The van der Waals surface area contributed by atoms with Crippen molar-refractivity contribution in [2.24, 2.45) is 0 Å². The quantitative estimate of drug-likeness (QED) is 0.174. The van der Waals surface area contributed by atoms with Gasteiger partial charge in [0.25, 0.3) is 0 Å². The predicted octanol–water partition coefficient (Wildman–Crippen LogP) is 16.3. The summed E-state index contributed by atoms with van der Waals surface area (Å²) in [5.41, 5.74) is 9.89. The average molecular weight is 750 g/mol. The van der Waals surface area contributed by atoms with E-state index < -0.39 is 0 Å². The fourth-order valence-corrected chi connectivity index (χ4v) is 11.2. The normalized spacial score (nSPS) is 11.9. The first-order valence-electron chi connectivity index (χ1n) is 18.9. The molecule has 3 heterocycles. The number of rotatable bonds is 5. The lowest BCUT2D eigenvalue weighted by atomic mass is 9.98. The van der Waals surface area contributed by atoms with Gasteiger partial charge in [-0.25, -0.2) is 0 Å². The summed E-state index contributed by atoms with van der Waals surface area (Å²) >= 11 is 3.80. The van der Waals surface area contributed by atoms with Gasteiger partial charge in [-0.15, -0.1) is 22.7 Å². The van der Waals surface area contributed by atoms with E-state index >= 15 is 0 Å². The lowest BCUT2D eigenvalue weighted by Crippen LogP contribution is -2.10. The molecule has 0 atom stereocenters. The van der Waals surface area contributed by atoms with Crippen LogP contribution in [0.1, 0.15) is 0 Å². The number of hydrogen-bond acceptors (Lipinski definition) is 4. The molecule has 0 unspecified atom stereocenters. The molecule has 3 aromatic heterocycles. The van der Waals surface area contributed by atoms with Gasteiger partial charge in [-0.1, -0.05) is 127 Å². The summed E-state index contributed by atoms with van der Waals surface area (Å²) in [6, 6.07) is 68.2. The average Bonchev–Trinajstić information content (AvgIpc) is 3.96. The maximum absolute atomic E-state index is 6.68. The molecule has 0 radical (unpaired) electrons. The van der Waals surface area contributed by atoms with Gasteiger partial charge in [0, 0.05) is 62.5 Å². The standard InChI is InChI=1S/C52H31NOS2/c1-2-10-32(11-3-1)33-20-25-36(26-21-33)53(43-16-9-17-44-48(43)42-29-24-34-12-4-5-13-39(34)51(42)54-44)37-27-22-35(23-28-37)38-15-8-19-46-49(38)50-47(55-46)31-30-41-40-14-6-7-18-45(40)56-52(41)50/h1-31H. The molecule has 56 heavy (non-hydrogen) atoms. The summed E-state index contributed by atoms with van der Waals surface area (Å²) in [7, 11) is 0. The number of benzene rings is 9. The molecule has 0 spiro atoms. The van der Waals surface area contributed by atoms with Crippen molar-refractivity contribution in [2.45, 2.75) is 0 Å². The Bertz CT molecular complexity index is 3460. The minimum absolute atomic E-state index is 0.875. The lowest BCUT2D eigenvalue weighted by molar-refractivity contribution is 0.672. The molecule has 0 amide bonds. The van der Waals surface area contributed by atoms with E-state index in [0.29, 0.717) is 0 Å². The molecular formula is C52H31NOS2. The number of nitrogens with zero attached hydrogens (tertiary/aromatic N) is 1. The molecule has 0 bridgehead atoms. The van der Waals surface area contributed by atoms with E-state index in [-0.39, 0.29) is 0 Å². The minimum atomic E-state index is 0.875. The van der Waals surface area contributed by atoms with Crippen LogP contribution in [0.15, 0.2) is 192 Å². The van der Waals surface area contributed by atoms with E-state index in [0.717, 1.165) is 44.4 Å². The molecule has 0 saturated carbocycles. The van der Waals surface area contributed by atoms with Crippen molar-refractivity contribution < 1.29 is 4.42 Å². The Morgan fingerprint density at radius 1 is 0.375 bits per heavy atom. The van der Waals surface area contributed by atoms with E-state index in [1.54, 1.807) is 0 Å². The highest BCUT2D eigenvalue weighted by Crippen LogP contribution is 2.48. The first-order chi connectivity index (χ1) is 27.8. The second-order valence-electron chi connectivity index (χ2n) is 14.4. The fourth-order valence-electron chi connectivity index (χ4n) is 8.70. The van der Waals surface area contributed by atoms with Crippen LogP contribution in [0.3, 0.4) is 0 Å². The summed E-state index contributed by atoms with van der Waals surface area (Å²) in [4.78, 5) is 2.38. The van der Waals surface area contributed by atoms with Crippen LogP contribution in [-0.4, -0.2) is 0 Å². The summed E-state index contributed by atoms with van der Waals surface area (Å²) < 4.78 is 12.0. The van der Waals surface area contributed by atoms with E-state index in [9.17, 15) is 0 Å². The van der Waals surface area contributed by atoms with E-state index in [1.165, 1.54) is 68.0 Å². The summed E-state index contributed by atoms with van der Waals surface area (Å²) in [5.74, 6) is 0. The first-order valence-corrected chi connectivity index (χ1v) is 20.5. The van der Waals surface area contributed by atoms with Gasteiger partial charge >= 0.3 is 0 Å². The molecule has 9 aromatic carbocycles. The van der Waals surface area contributed by atoms with Crippen molar-refractivity contribution in [3.8, 4) is 22.3 Å². The van der Waals surface area contributed by atoms with Crippen molar-refractivity contribution in [1.82, 2.24) is 0 Å². The van der Waals surface area contributed by atoms with Gasteiger partial charge in [0.15, 0.2) is 0 Å². The first kappa shape index (κ1) is 31.6. The topological polar surface area (TPSA) is 16.4 Å². The number of anilines is 3. The van der Waals surface area contributed by atoms with Gasteiger partial charge in [-0.2, -0.15) is 0 Å². The molecule has 12 aromatic rings. The van der Waals surface area contributed by atoms with Crippen molar-refractivity contribution in [1.29, 1.82) is 0 Å². The van der Waals surface area contributed by atoms with Crippen LogP contribution in [0.25, 0.3) is 95.3 Å². The molecular weight excluding hydrogens is 719 g/mol. The largest absolute Gasteiger partial charge is 0.455 e. The third kappa shape index (κ3) is 4.80. The van der Waals surface area contributed by atoms with Crippen molar-refractivity contribution in [3.63, 3.8) is 0 Å². The Morgan fingerprint density at radius 2 is 1.04 bits per heavy atom. The minimum Gasteiger partial charge on any atom is -0.455 e. The van der Waals surface area contributed by atoms with Crippen LogP contribution in [0.4, 0.5) is 17.1 Å². The monoisotopic (exact) mass is 749 g/mol. The number of furan rings is 1. The Balaban J connectivity index is 1.05. The van der Waals surface area contributed by atoms with Gasteiger partial charge in [0.2, 0.25) is 0 Å². The molecule has 0 aliphatic rings. The molecule has 0 saturated heterocycles. The molecule has 4 heteroatoms. The van der Waals surface area contributed by atoms with Gasteiger partial charge in [-0.3, -0.25) is 0 Å². The molecule has 0 fully saturated rings. The number of hydrogen-bond donors (Lipinski definition) is 0. The van der Waals surface area contributed by atoms with Gasteiger partial charge in [0.1, 0.15) is 11.2 Å². The third-order valence-electron chi connectivity index (χ3n) is 11.3. The molecule has 0 N–H and O–H groups in total. The maximum Gasteiger partial charge on any atom is 0.143 e. The molecule has 0 aliphatic carbocycles. The maximum atomic E-state index is 6.68. The third-order valence-corrected chi connectivity index (χ3v) is 13.6. The van der Waals surface area contributed by atoms with Crippen molar-refractivity contribution in [3.05, 3.63) is 188 Å². The molecule has 12 rings (SSSR count). The van der Waals surface area contributed by atoms with Gasteiger partial charge in [-0.05, 0) is 88.3 Å². The van der Waals surface area contributed by atoms with Crippen molar-refractivity contribution >= 4 is 113 Å². The van der Waals surface area contributed by atoms with Crippen LogP contribution >= 0.6 is 22.7 Å². The number of fused-ring (bicyclic) bond motifs is 12. The summed E-state index contributed by atoms with van der Waals surface area (Å²) in [6.45, 7) is 0. The van der Waals surface area contributed by atoms with Crippen LogP contribution in [0.5, 0.6) is 0 Å². The molecule has 0 aliphatic heterocycles. The smallest absolute Gasteiger partial charge is 0.143 e. The lowest BCUT2D eigenvalue weighted by Gasteiger charge is -2.26. The zero-order chi connectivity index (χ0) is 36.7. The van der Waals surface area contributed by atoms with Crippen LogP contribution < -0.4 is 4.90 Å². The Kier molecular flexibility index (Phi) is 7.00. The fraction of sp³-hybridized carbons (Fsp3) is 0. The van der Waals surface area contributed by atoms with Crippen LogP contribution in [-0.2, 0) is 0 Å². The van der Waals surface area contributed by atoms with E-state index in [2.05, 4.69) is 193 Å². The van der Waals surface area contributed by atoms with Gasteiger partial charge in [0.05, 0.1) is 11.1 Å². The predicted molar refractivity (Wildman–Crippen MR) is 243 cm³/mol. The molecule has 2 nitrogen and oxygen atoms in total. The van der Waals surface area contributed by atoms with E-state index in [4.69, 9.17) is 4.42 Å². The van der Waals surface area contributed by atoms with Crippen LogP contribution in [0, 0.1) is 0 Å². The summed E-state index contributed by atoms with van der Waals surface area (Å²) in [6.07, 6.45) is 0. The second kappa shape index (κ2) is 12.4. The van der Waals surface area contributed by atoms with Gasteiger partial charge < -0.3 is 9.32 Å². The highest BCUT2D eigenvalue weighted by atomic mass is 32.1. The van der Waals surface area contributed by atoms with Crippen molar-refractivity contribution in [2.75, 3.05) is 4.90 Å². The highest BCUT2D eigenvalue weighted by Gasteiger charge is 2.22. The molecule has 262 valence electrons. The Labute approximate surface area is 330 Å². The Hall–Kier alpha value is -6.72. The van der Waals surface area contributed by atoms with E-state index in [1.807, 2.05) is 22.7 Å². The Morgan fingerprint density at radius 3 is 1.88 bits per heavy atom. The number of thiophene rings is 2. The SMILES string of the molecule is c1ccc(-c2ccc(N(c3ccc(-c4cccc5sc6ccc7c8ccccc8sc7c6c45)cc3)c3cccc4oc5c6ccccc6ccc5c34)cc2)cc1.